The summed E-state index contributed by atoms with van der Waals surface area (Å²) in [6.07, 6.45) is 3.23. The molecular weight excluding hydrogens is 260 g/mol. The van der Waals surface area contributed by atoms with Gasteiger partial charge in [-0.2, -0.15) is 0 Å². The van der Waals surface area contributed by atoms with Crippen LogP contribution in [-0.2, 0) is 20.6 Å². The van der Waals surface area contributed by atoms with Gasteiger partial charge in [0.2, 0.25) is 0 Å². The molecule has 0 spiro atoms. The van der Waals surface area contributed by atoms with Crippen LogP contribution < -0.4 is 0 Å². The maximum Gasteiger partial charge on any atom is 0.157 e. The molecule has 0 aromatic heterocycles. The molecule has 0 radical (unpaired) electrons. The molecule has 5 heteroatoms. The highest BCUT2D eigenvalue weighted by atomic mass is 16.6. The molecule has 20 heavy (non-hydrogen) atoms. The number of allylic oxidation sites excluding steroid dienone is 1. The Morgan fingerprint density at radius 3 is 2.20 bits per heavy atom. The van der Waals surface area contributed by atoms with Crippen LogP contribution in [0.2, 0.25) is 0 Å². The molecule has 1 aromatic rings. The lowest BCUT2D eigenvalue weighted by Crippen LogP contribution is -2.06. The molecule has 2 N–H and O–H groups in total. The fraction of sp³-hybridized carbons (Fsp3) is 0.467. The first-order valence-corrected chi connectivity index (χ1v) is 6.61. The Morgan fingerprint density at radius 1 is 1.15 bits per heavy atom. The molecule has 110 valence electrons. The minimum Gasteiger partial charge on any atom is -0.504 e. The molecule has 0 saturated carbocycles. The van der Waals surface area contributed by atoms with E-state index in [2.05, 4.69) is 6.58 Å². The van der Waals surface area contributed by atoms with Crippen LogP contribution in [-0.4, -0.2) is 48.8 Å². The first kappa shape index (κ1) is 14.8. The van der Waals surface area contributed by atoms with Crippen LogP contribution in [0.15, 0.2) is 30.9 Å². The average Bonchev–Trinajstić information content (AvgIpc) is 3.29. The van der Waals surface area contributed by atoms with Gasteiger partial charge in [0.15, 0.2) is 11.5 Å². The number of epoxide rings is 2. The first-order valence-electron chi connectivity index (χ1n) is 6.61. The lowest BCUT2D eigenvalue weighted by molar-refractivity contribution is 0.102. The molecule has 2 aliphatic heterocycles. The highest BCUT2D eigenvalue weighted by Gasteiger charge is 2.26. The summed E-state index contributed by atoms with van der Waals surface area (Å²) in [4.78, 5) is 0. The average molecular weight is 280 g/mol. The van der Waals surface area contributed by atoms with Gasteiger partial charge in [-0.05, 0) is 24.1 Å². The predicted molar refractivity (Wildman–Crippen MR) is 74.0 cm³/mol. The van der Waals surface area contributed by atoms with Crippen molar-refractivity contribution in [2.75, 3.05) is 26.4 Å². The summed E-state index contributed by atoms with van der Waals surface area (Å²) in [7, 11) is 0. The molecule has 1 aromatic carbocycles. The molecular formula is C15H20O5. The van der Waals surface area contributed by atoms with E-state index in [1.165, 1.54) is 12.1 Å². The number of phenolic OH excluding ortho intramolecular Hbond substituents is 2. The Balaban J connectivity index is 0.000000149. The van der Waals surface area contributed by atoms with Crippen molar-refractivity contribution in [3.05, 3.63) is 36.4 Å². The maximum absolute atomic E-state index is 9.04. The van der Waals surface area contributed by atoms with Gasteiger partial charge in [0.25, 0.3) is 0 Å². The van der Waals surface area contributed by atoms with Crippen molar-refractivity contribution >= 4 is 0 Å². The number of benzene rings is 1. The monoisotopic (exact) mass is 280 g/mol. The van der Waals surface area contributed by atoms with Crippen LogP contribution in [0.4, 0.5) is 0 Å². The summed E-state index contributed by atoms with van der Waals surface area (Å²) < 4.78 is 15.1. The number of hydrogen-bond acceptors (Lipinski definition) is 5. The van der Waals surface area contributed by atoms with E-state index >= 15 is 0 Å². The Hall–Kier alpha value is -1.56. The summed E-state index contributed by atoms with van der Waals surface area (Å²) in [5, 5.41) is 18.0. The quantitative estimate of drug-likeness (QED) is 0.470. The molecule has 2 fully saturated rings. The van der Waals surface area contributed by atoms with Gasteiger partial charge < -0.3 is 24.4 Å². The van der Waals surface area contributed by atoms with E-state index in [9.17, 15) is 0 Å². The summed E-state index contributed by atoms with van der Waals surface area (Å²) in [5.74, 6) is -0.165. The zero-order valence-corrected chi connectivity index (χ0v) is 11.3. The minimum atomic E-state index is -0.0854. The van der Waals surface area contributed by atoms with Gasteiger partial charge in [0.05, 0.1) is 26.4 Å². The van der Waals surface area contributed by atoms with Crippen LogP contribution >= 0.6 is 0 Å². The van der Waals surface area contributed by atoms with Crippen LogP contribution in [0.25, 0.3) is 0 Å². The van der Waals surface area contributed by atoms with E-state index in [4.69, 9.17) is 24.4 Å². The molecule has 3 rings (SSSR count). The van der Waals surface area contributed by atoms with E-state index < -0.39 is 0 Å². The van der Waals surface area contributed by atoms with Gasteiger partial charge in [-0.15, -0.1) is 6.58 Å². The van der Waals surface area contributed by atoms with Gasteiger partial charge in [0, 0.05) is 0 Å². The first-order chi connectivity index (χ1) is 9.69. The SMILES string of the molecule is C(OCC1CO1)C1CO1.C=CCc1ccc(O)c(O)c1. The zero-order chi connectivity index (χ0) is 14.4. The van der Waals surface area contributed by atoms with Gasteiger partial charge in [-0.25, -0.2) is 0 Å². The standard InChI is InChI=1S/C9H10O2.C6H10O3/c1-2-3-7-4-5-8(10)9(11)6-7;1(5-3-8-5)7-2-6-4-9-6/h2,4-6,10-11H,1,3H2;5-6H,1-4H2. The van der Waals surface area contributed by atoms with Crippen molar-refractivity contribution in [1.82, 2.24) is 0 Å². The second kappa shape index (κ2) is 7.28. The number of rotatable bonds is 6. The summed E-state index contributed by atoms with van der Waals surface area (Å²) in [6, 6.07) is 4.74. The molecule has 0 bridgehead atoms. The Kier molecular flexibility index (Phi) is 5.40. The van der Waals surface area contributed by atoms with Crippen LogP contribution in [0.1, 0.15) is 5.56 Å². The van der Waals surface area contributed by atoms with E-state index in [1.54, 1.807) is 12.1 Å². The number of hydrogen-bond donors (Lipinski definition) is 2. The van der Waals surface area contributed by atoms with Crippen LogP contribution in [0, 0.1) is 0 Å². The predicted octanol–water partition coefficient (Wildman–Crippen LogP) is 1.63. The second-order valence-electron chi connectivity index (χ2n) is 4.76. The topological polar surface area (TPSA) is 74.8 Å². The van der Waals surface area contributed by atoms with Gasteiger partial charge in [-0.1, -0.05) is 12.1 Å². The molecule has 2 saturated heterocycles. The third-order valence-corrected chi connectivity index (χ3v) is 2.83. The van der Waals surface area contributed by atoms with Crippen LogP contribution in [0.5, 0.6) is 11.5 Å². The largest absolute Gasteiger partial charge is 0.504 e. The Labute approximate surface area is 118 Å². The van der Waals surface area contributed by atoms with E-state index in [-0.39, 0.29) is 11.5 Å². The summed E-state index contributed by atoms with van der Waals surface area (Å²) >= 11 is 0. The van der Waals surface area contributed by atoms with Crippen molar-refractivity contribution < 1.29 is 24.4 Å². The highest BCUT2D eigenvalue weighted by Crippen LogP contribution is 2.24. The number of ether oxygens (including phenoxy) is 3. The molecule has 5 nitrogen and oxygen atoms in total. The fourth-order valence-corrected chi connectivity index (χ4v) is 1.52. The molecule has 2 heterocycles. The molecule has 0 aliphatic carbocycles. The van der Waals surface area contributed by atoms with Crippen molar-refractivity contribution in [2.24, 2.45) is 0 Å². The smallest absolute Gasteiger partial charge is 0.157 e. The van der Waals surface area contributed by atoms with Gasteiger partial charge in [-0.3, -0.25) is 0 Å². The molecule has 2 unspecified atom stereocenters. The molecule has 0 amide bonds. The van der Waals surface area contributed by atoms with Crippen molar-refractivity contribution in [1.29, 1.82) is 0 Å². The van der Waals surface area contributed by atoms with Crippen molar-refractivity contribution in [3.63, 3.8) is 0 Å². The zero-order valence-electron chi connectivity index (χ0n) is 11.3. The number of aromatic hydroxyl groups is 2. The van der Waals surface area contributed by atoms with Crippen molar-refractivity contribution in [3.8, 4) is 11.5 Å². The van der Waals surface area contributed by atoms with E-state index in [0.717, 1.165) is 32.0 Å². The van der Waals surface area contributed by atoms with Crippen LogP contribution in [0.3, 0.4) is 0 Å². The highest BCUT2D eigenvalue weighted by molar-refractivity contribution is 5.40. The fourth-order valence-electron chi connectivity index (χ4n) is 1.52. The van der Waals surface area contributed by atoms with Gasteiger partial charge >= 0.3 is 0 Å². The number of phenols is 2. The lowest BCUT2D eigenvalue weighted by Gasteiger charge is -1.99. The van der Waals surface area contributed by atoms with Gasteiger partial charge in [0.1, 0.15) is 12.2 Å². The molecule has 2 atom stereocenters. The normalized spacial score (nSPS) is 22.6. The van der Waals surface area contributed by atoms with E-state index in [0.29, 0.717) is 18.6 Å². The Morgan fingerprint density at radius 2 is 1.75 bits per heavy atom. The summed E-state index contributed by atoms with van der Waals surface area (Å²) in [6.45, 7) is 6.82. The molecule has 2 aliphatic rings. The summed E-state index contributed by atoms with van der Waals surface area (Å²) in [5.41, 5.74) is 0.940. The third-order valence-electron chi connectivity index (χ3n) is 2.83. The van der Waals surface area contributed by atoms with E-state index in [1.807, 2.05) is 0 Å². The maximum atomic E-state index is 9.04. The lowest BCUT2D eigenvalue weighted by atomic mass is 10.1. The minimum absolute atomic E-state index is 0.0793. The van der Waals surface area contributed by atoms with Crippen molar-refractivity contribution in [2.45, 2.75) is 18.6 Å². The third kappa shape index (κ3) is 5.61. The second-order valence-corrected chi connectivity index (χ2v) is 4.76. The Bertz CT molecular complexity index is 426.